The summed E-state index contributed by atoms with van der Waals surface area (Å²) >= 11 is 7.70. The van der Waals surface area contributed by atoms with Gasteiger partial charge in [-0.3, -0.25) is 0 Å². The van der Waals surface area contributed by atoms with Crippen LogP contribution in [0.5, 0.6) is 0 Å². The van der Waals surface area contributed by atoms with E-state index in [-0.39, 0.29) is 16.9 Å². The molecule has 0 aliphatic carbocycles. The molecule has 4 heteroatoms. The molecule has 0 aliphatic heterocycles. The summed E-state index contributed by atoms with van der Waals surface area (Å²) in [6, 6.07) is 9.35. The van der Waals surface area contributed by atoms with Crippen LogP contribution in [0, 0.1) is 11.7 Å². The maximum absolute atomic E-state index is 13.4. The van der Waals surface area contributed by atoms with Crippen molar-refractivity contribution < 1.29 is 4.39 Å². The van der Waals surface area contributed by atoms with Gasteiger partial charge in [-0.05, 0) is 29.0 Å². The van der Waals surface area contributed by atoms with Gasteiger partial charge in [-0.1, -0.05) is 43.6 Å². The van der Waals surface area contributed by atoms with Crippen molar-refractivity contribution in [3.63, 3.8) is 0 Å². The van der Waals surface area contributed by atoms with Crippen LogP contribution in [0.2, 0.25) is 5.02 Å². The van der Waals surface area contributed by atoms with Gasteiger partial charge in [0.25, 0.3) is 0 Å². The lowest BCUT2D eigenvalue weighted by atomic mass is 10.0. The molecule has 0 saturated carbocycles. The number of nitrogens with one attached hydrogen (secondary N) is 1. The molecule has 1 heterocycles. The standard InChI is InChI=1S/C15H17ClFNS/c1-10(2)15(13-7-4-8-19-13)18-9-11-5-3-6-12(17)14(11)16/h3-8,10,15,18H,9H2,1-2H3. The molecule has 1 aromatic heterocycles. The zero-order chi connectivity index (χ0) is 13.8. The van der Waals surface area contributed by atoms with E-state index in [1.807, 2.05) is 12.1 Å². The van der Waals surface area contributed by atoms with Gasteiger partial charge >= 0.3 is 0 Å². The van der Waals surface area contributed by atoms with Gasteiger partial charge in [-0.15, -0.1) is 11.3 Å². The van der Waals surface area contributed by atoms with Crippen molar-refractivity contribution in [1.82, 2.24) is 5.32 Å². The Morgan fingerprint density at radius 2 is 2.05 bits per heavy atom. The van der Waals surface area contributed by atoms with Crippen LogP contribution in [0.3, 0.4) is 0 Å². The largest absolute Gasteiger partial charge is 0.305 e. The van der Waals surface area contributed by atoms with Gasteiger partial charge in [-0.25, -0.2) is 4.39 Å². The predicted molar refractivity (Wildman–Crippen MR) is 80.1 cm³/mol. The van der Waals surface area contributed by atoms with E-state index in [0.717, 1.165) is 5.56 Å². The van der Waals surface area contributed by atoms with Crippen LogP contribution >= 0.6 is 22.9 Å². The Morgan fingerprint density at radius 1 is 1.26 bits per heavy atom. The maximum atomic E-state index is 13.4. The van der Waals surface area contributed by atoms with Gasteiger partial charge in [-0.2, -0.15) is 0 Å². The van der Waals surface area contributed by atoms with E-state index in [2.05, 4.69) is 30.6 Å². The van der Waals surface area contributed by atoms with Crippen LogP contribution < -0.4 is 5.32 Å². The third-order valence-corrected chi connectivity index (χ3v) is 4.44. The quantitative estimate of drug-likeness (QED) is 0.816. The molecule has 0 radical (unpaired) electrons. The molecule has 1 unspecified atom stereocenters. The van der Waals surface area contributed by atoms with Crippen molar-refractivity contribution in [2.45, 2.75) is 26.4 Å². The molecule has 0 bridgehead atoms. The van der Waals surface area contributed by atoms with E-state index in [4.69, 9.17) is 11.6 Å². The Morgan fingerprint density at radius 3 is 2.68 bits per heavy atom. The van der Waals surface area contributed by atoms with Gasteiger partial charge in [0.05, 0.1) is 5.02 Å². The minimum atomic E-state index is -0.363. The first-order valence-corrected chi connectivity index (χ1v) is 7.55. The summed E-state index contributed by atoms with van der Waals surface area (Å²) in [5.41, 5.74) is 0.795. The van der Waals surface area contributed by atoms with Crippen LogP contribution in [-0.4, -0.2) is 0 Å². The molecule has 1 N–H and O–H groups in total. The molecule has 0 amide bonds. The lowest BCUT2D eigenvalue weighted by molar-refractivity contribution is 0.416. The van der Waals surface area contributed by atoms with E-state index in [9.17, 15) is 4.39 Å². The van der Waals surface area contributed by atoms with Gasteiger partial charge in [0.2, 0.25) is 0 Å². The van der Waals surface area contributed by atoms with E-state index in [1.54, 1.807) is 17.4 Å². The molecule has 2 rings (SSSR count). The summed E-state index contributed by atoms with van der Waals surface area (Å²) in [4.78, 5) is 1.29. The van der Waals surface area contributed by atoms with E-state index in [1.165, 1.54) is 10.9 Å². The van der Waals surface area contributed by atoms with Crippen LogP contribution in [-0.2, 0) is 6.54 Å². The number of halogens is 2. The number of benzene rings is 1. The summed E-state index contributed by atoms with van der Waals surface area (Å²) in [6.45, 7) is 4.91. The Hall–Kier alpha value is -0.900. The van der Waals surface area contributed by atoms with Gasteiger partial charge < -0.3 is 5.32 Å². The molecular formula is C15H17ClFNS. The fourth-order valence-corrected chi connectivity index (χ4v) is 3.20. The Kier molecular flexibility index (Phi) is 4.97. The summed E-state index contributed by atoms with van der Waals surface area (Å²) in [6.07, 6.45) is 0. The Labute approximate surface area is 122 Å². The van der Waals surface area contributed by atoms with Crippen LogP contribution in [0.15, 0.2) is 35.7 Å². The van der Waals surface area contributed by atoms with E-state index in [0.29, 0.717) is 12.5 Å². The zero-order valence-electron chi connectivity index (χ0n) is 11.0. The Bertz CT molecular complexity index is 525. The first-order chi connectivity index (χ1) is 9.09. The fraction of sp³-hybridized carbons (Fsp3) is 0.333. The maximum Gasteiger partial charge on any atom is 0.142 e. The molecular weight excluding hydrogens is 281 g/mol. The average Bonchev–Trinajstić information content (AvgIpc) is 2.88. The van der Waals surface area contributed by atoms with Gasteiger partial charge in [0, 0.05) is 17.5 Å². The smallest absolute Gasteiger partial charge is 0.142 e. The van der Waals surface area contributed by atoms with Crippen LogP contribution in [0.25, 0.3) is 0 Å². The topological polar surface area (TPSA) is 12.0 Å². The summed E-state index contributed by atoms with van der Waals surface area (Å²) in [7, 11) is 0. The SMILES string of the molecule is CC(C)C(NCc1cccc(F)c1Cl)c1cccs1. The third kappa shape index (κ3) is 3.56. The molecule has 0 aliphatic rings. The molecule has 1 nitrogen and oxygen atoms in total. The lowest BCUT2D eigenvalue weighted by Gasteiger charge is -2.21. The second-order valence-electron chi connectivity index (χ2n) is 4.83. The fourth-order valence-electron chi connectivity index (χ4n) is 2.04. The van der Waals surface area contributed by atoms with Crippen molar-refractivity contribution in [3.05, 3.63) is 57.0 Å². The summed E-state index contributed by atoms with van der Waals surface area (Å²) in [5.74, 6) is 0.101. The number of hydrogen-bond acceptors (Lipinski definition) is 2. The predicted octanol–water partition coefficient (Wildman–Crippen LogP) is 5.03. The Balaban J connectivity index is 2.09. The monoisotopic (exact) mass is 297 g/mol. The van der Waals surface area contributed by atoms with Crippen molar-refractivity contribution in [2.24, 2.45) is 5.92 Å². The highest BCUT2D eigenvalue weighted by Gasteiger charge is 2.17. The highest BCUT2D eigenvalue weighted by Crippen LogP contribution is 2.27. The number of rotatable bonds is 5. The summed E-state index contributed by atoms with van der Waals surface area (Å²) in [5, 5.41) is 5.75. The molecule has 1 atom stereocenters. The lowest BCUT2D eigenvalue weighted by Crippen LogP contribution is -2.24. The third-order valence-electron chi connectivity index (χ3n) is 3.06. The van der Waals surface area contributed by atoms with Crippen LogP contribution in [0.1, 0.15) is 30.3 Å². The first kappa shape index (κ1) is 14.5. The normalized spacial score (nSPS) is 12.9. The van der Waals surface area contributed by atoms with E-state index >= 15 is 0 Å². The van der Waals surface area contributed by atoms with Crippen molar-refractivity contribution in [2.75, 3.05) is 0 Å². The molecule has 0 saturated heterocycles. The van der Waals surface area contributed by atoms with Gasteiger partial charge in [0.15, 0.2) is 0 Å². The highest BCUT2D eigenvalue weighted by molar-refractivity contribution is 7.10. The number of thiophene rings is 1. The second-order valence-corrected chi connectivity index (χ2v) is 6.19. The minimum absolute atomic E-state index is 0.212. The molecule has 19 heavy (non-hydrogen) atoms. The first-order valence-electron chi connectivity index (χ1n) is 6.29. The molecule has 0 fully saturated rings. The molecule has 0 spiro atoms. The molecule has 2 aromatic rings. The number of hydrogen-bond donors (Lipinski definition) is 1. The van der Waals surface area contributed by atoms with Gasteiger partial charge in [0.1, 0.15) is 5.82 Å². The van der Waals surface area contributed by atoms with Crippen molar-refractivity contribution >= 4 is 22.9 Å². The zero-order valence-corrected chi connectivity index (χ0v) is 12.6. The van der Waals surface area contributed by atoms with Crippen molar-refractivity contribution in [1.29, 1.82) is 0 Å². The second kappa shape index (κ2) is 6.51. The van der Waals surface area contributed by atoms with E-state index < -0.39 is 0 Å². The average molecular weight is 298 g/mol. The van der Waals surface area contributed by atoms with Crippen molar-refractivity contribution in [3.8, 4) is 0 Å². The minimum Gasteiger partial charge on any atom is -0.305 e. The molecule has 1 aromatic carbocycles. The van der Waals surface area contributed by atoms with Crippen LogP contribution in [0.4, 0.5) is 4.39 Å². The highest BCUT2D eigenvalue weighted by atomic mass is 35.5. The summed E-state index contributed by atoms with van der Waals surface area (Å²) < 4.78 is 13.4. The molecule has 102 valence electrons.